The first-order chi connectivity index (χ1) is 10.8. The first-order valence-corrected chi connectivity index (χ1v) is 7.72. The van der Waals surface area contributed by atoms with Gasteiger partial charge in [0.1, 0.15) is 23.0 Å². The number of carbonyl (C=O) groups is 2. The van der Waals surface area contributed by atoms with Crippen LogP contribution in [0.15, 0.2) is 12.1 Å². The Hall–Kier alpha value is -2.24. The van der Waals surface area contributed by atoms with Gasteiger partial charge in [0.15, 0.2) is 0 Å². The van der Waals surface area contributed by atoms with Crippen molar-refractivity contribution in [1.82, 2.24) is 5.32 Å². The van der Waals surface area contributed by atoms with Gasteiger partial charge in [0.05, 0.1) is 6.61 Å². The summed E-state index contributed by atoms with van der Waals surface area (Å²) in [6.07, 6.45) is 0.948. The van der Waals surface area contributed by atoms with Crippen LogP contribution in [0.25, 0.3) is 0 Å². The highest BCUT2D eigenvalue weighted by molar-refractivity contribution is 6.00. The quantitative estimate of drug-likeness (QED) is 0.784. The van der Waals surface area contributed by atoms with E-state index in [-0.39, 0.29) is 12.6 Å². The van der Waals surface area contributed by atoms with Crippen LogP contribution in [-0.2, 0) is 22.6 Å². The van der Waals surface area contributed by atoms with Crippen LogP contribution in [-0.4, -0.2) is 29.7 Å². The summed E-state index contributed by atoms with van der Waals surface area (Å²) >= 11 is 0. The maximum atomic E-state index is 12.1. The number of carbonyl (C=O) groups excluding carboxylic acids is 1. The smallest absolute Gasteiger partial charge is 0.318 e. The van der Waals surface area contributed by atoms with E-state index in [4.69, 9.17) is 14.6 Å². The van der Waals surface area contributed by atoms with Crippen molar-refractivity contribution >= 4 is 11.9 Å². The van der Waals surface area contributed by atoms with Crippen LogP contribution in [0, 0.1) is 5.41 Å². The summed E-state index contributed by atoms with van der Waals surface area (Å²) in [5.41, 5.74) is 0.379. The third-order valence-corrected chi connectivity index (χ3v) is 3.92. The molecule has 1 aliphatic heterocycles. The average molecular weight is 321 g/mol. The molecule has 126 valence electrons. The van der Waals surface area contributed by atoms with Gasteiger partial charge in [0.2, 0.25) is 5.91 Å². The number of carboxylic acid groups (broad SMARTS) is 1. The summed E-state index contributed by atoms with van der Waals surface area (Å²) in [4.78, 5) is 23.2. The molecule has 1 heterocycles. The molecule has 1 aliphatic rings. The number of amides is 1. The Bertz CT molecular complexity index is 624. The zero-order valence-corrected chi connectivity index (χ0v) is 13.9. The normalized spacial score (nSPS) is 16.4. The molecule has 0 saturated carbocycles. The van der Waals surface area contributed by atoms with Gasteiger partial charge in [0, 0.05) is 24.1 Å². The number of hydrogen-bond acceptors (Lipinski definition) is 4. The molecule has 1 aromatic carbocycles. The Morgan fingerprint density at radius 2 is 2.13 bits per heavy atom. The summed E-state index contributed by atoms with van der Waals surface area (Å²) < 4.78 is 11.4. The molecule has 6 heteroatoms. The van der Waals surface area contributed by atoms with Crippen molar-refractivity contribution in [1.29, 1.82) is 0 Å². The zero-order valence-electron chi connectivity index (χ0n) is 13.9. The largest absolute Gasteiger partial charge is 0.494 e. The summed E-state index contributed by atoms with van der Waals surface area (Å²) in [6.45, 7) is 7.34. The van der Waals surface area contributed by atoms with Crippen molar-refractivity contribution < 1.29 is 24.2 Å². The van der Waals surface area contributed by atoms with E-state index in [9.17, 15) is 9.59 Å². The Morgan fingerprint density at radius 3 is 2.74 bits per heavy atom. The SMILES string of the molecule is CCOc1cc2c(cc1CNC(=O)C(C)(C)C(=O)O)OC(C)C2. The van der Waals surface area contributed by atoms with Crippen molar-refractivity contribution in [2.24, 2.45) is 5.41 Å². The first-order valence-electron chi connectivity index (χ1n) is 7.72. The second kappa shape index (κ2) is 6.48. The van der Waals surface area contributed by atoms with Gasteiger partial charge in [-0.05, 0) is 39.8 Å². The van der Waals surface area contributed by atoms with E-state index >= 15 is 0 Å². The molecular formula is C17H23NO5. The van der Waals surface area contributed by atoms with E-state index in [1.54, 1.807) is 0 Å². The molecule has 0 aromatic heterocycles. The van der Waals surface area contributed by atoms with Gasteiger partial charge in [-0.25, -0.2) is 0 Å². The minimum Gasteiger partial charge on any atom is -0.494 e. The number of benzene rings is 1. The van der Waals surface area contributed by atoms with Crippen molar-refractivity contribution in [2.75, 3.05) is 6.61 Å². The predicted octanol–water partition coefficient (Wildman–Crippen LogP) is 2.14. The lowest BCUT2D eigenvalue weighted by Crippen LogP contribution is -2.42. The summed E-state index contributed by atoms with van der Waals surface area (Å²) in [5, 5.41) is 11.8. The van der Waals surface area contributed by atoms with Crippen molar-refractivity contribution in [3.8, 4) is 11.5 Å². The van der Waals surface area contributed by atoms with Crippen LogP contribution in [0.3, 0.4) is 0 Å². The maximum absolute atomic E-state index is 12.1. The lowest BCUT2D eigenvalue weighted by Gasteiger charge is -2.19. The van der Waals surface area contributed by atoms with Crippen LogP contribution < -0.4 is 14.8 Å². The molecule has 1 amide bonds. The molecule has 0 bridgehead atoms. The predicted molar refractivity (Wildman–Crippen MR) is 84.7 cm³/mol. The Balaban J connectivity index is 2.18. The summed E-state index contributed by atoms with van der Waals surface area (Å²) in [6, 6.07) is 3.80. The lowest BCUT2D eigenvalue weighted by molar-refractivity contribution is -0.153. The number of rotatable bonds is 6. The third kappa shape index (κ3) is 3.57. The molecule has 0 saturated heterocycles. The molecule has 0 aliphatic carbocycles. The summed E-state index contributed by atoms with van der Waals surface area (Å²) in [7, 11) is 0. The number of aliphatic carboxylic acids is 1. The van der Waals surface area contributed by atoms with Crippen LogP contribution in [0.4, 0.5) is 0 Å². The highest BCUT2D eigenvalue weighted by Gasteiger charge is 2.35. The molecule has 0 radical (unpaired) electrons. The molecule has 6 nitrogen and oxygen atoms in total. The highest BCUT2D eigenvalue weighted by Crippen LogP contribution is 2.35. The van der Waals surface area contributed by atoms with Crippen molar-refractivity contribution in [2.45, 2.75) is 46.8 Å². The van der Waals surface area contributed by atoms with Gasteiger partial charge in [-0.1, -0.05) is 0 Å². The van der Waals surface area contributed by atoms with E-state index in [0.717, 1.165) is 23.3 Å². The standard InChI is InChI=1S/C17H23NO5/c1-5-22-13-7-11-6-10(2)23-14(11)8-12(13)9-18-15(19)17(3,4)16(20)21/h7-8,10H,5-6,9H2,1-4H3,(H,18,19)(H,20,21). The van der Waals surface area contributed by atoms with Gasteiger partial charge in [-0.15, -0.1) is 0 Å². The minimum absolute atomic E-state index is 0.121. The van der Waals surface area contributed by atoms with Crippen LogP contribution in [0.1, 0.15) is 38.8 Å². The molecule has 1 aromatic rings. The second-order valence-corrected chi connectivity index (χ2v) is 6.25. The monoisotopic (exact) mass is 321 g/mol. The van der Waals surface area contributed by atoms with Gasteiger partial charge in [-0.2, -0.15) is 0 Å². The number of carboxylic acids is 1. The molecule has 0 fully saturated rings. The fourth-order valence-corrected chi connectivity index (χ4v) is 2.40. The molecule has 2 rings (SSSR count). The van der Waals surface area contributed by atoms with Gasteiger partial charge in [-0.3, -0.25) is 9.59 Å². The molecule has 1 unspecified atom stereocenters. The van der Waals surface area contributed by atoms with Gasteiger partial charge < -0.3 is 19.9 Å². The van der Waals surface area contributed by atoms with E-state index in [1.807, 2.05) is 26.0 Å². The van der Waals surface area contributed by atoms with E-state index in [1.165, 1.54) is 13.8 Å². The third-order valence-electron chi connectivity index (χ3n) is 3.92. The molecule has 2 N–H and O–H groups in total. The molecule has 0 spiro atoms. The van der Waals surface area contributed by atoms with Crippen molar-refractivity contribution in [3.63, 3.8) is 0 Å². The van der Waals surface area contributed by atoms with Crippen molar-refractivity contribution in [3.05, 3.63) is 23.3 Å². The van der Waals surface area contributed by atoms with E-state index < -0.39 is 17.3 Å². The number of ether oxygens (including phenoxy) is 2. The fraction of sp³-hybridized carbons (Fsp3) is 0.529. The van der Waals surface area contributed by atoms with Crippen LogP contribution >= 0.6 is 0 Å². The minimum atomic E-state index is -1.48. The van der Waals surface area contributed by atoms with E-state index in [0.29, 0.717) is 12.4 Å². The topological polar surface area (TPSA) is 84.9 Å². The Labute approximate surface area is 135 Å². The molecular weight excluding hydrogens is 298 g/mol. The highest BCUT2D eigenvalue weighted by atomic mass is 16.5. The Morgan fingerprint density at radius 1 is 1.43 bits per heavy atom. The first kappa shape index (κ1) is 17.1. The number of hydrogen-bond donors (Lipinski definition) is 2. The molecule has 23 heavy (non-hydrogen) atoms. The lowest BCUT2D eigenvalue weighted by atomic mass is 9.92. The van der Waals surface area contributed by atoms with Crippen LogP contribution in [0.2, 0.25) is 0 Å². The zero-order chi connectivity index (χ0) is 17.2. The number of fused-ring (bicyclic) bond motifs is 1. The fourth-order valence-electron chi connectivity index (χ4n) is 2.40. The number of nitrogens with one attached hydrogen (secondary N) is 1. The second-order valence-electron chi connectivity index (χ2n) is 6.25. The van der Waals surface area contributed by atoms with Gasteiger partial charge in [0.25, 0.3) is 0 Å². The maximum Gasteiger partial charge on any atom is 0.318 e. The molecule has 1 atom stereocenters. The summed E-state index contributed by atoms with van der Waals surface area (Å²) in [5.74, 6) is -0.214. The van der Waals surface area contributed by atoms with E-state index in [2.05, 4.69) is 5.32 Å². The average Bonchev–Trinajstić information content (AvgIpc) is 2.83. The van der Waals surface area contributed by atoms with Gasteiger partial charge >= 0.3 is 5.97 Å². The van der Waals surface area contributed by atoms with Crippen LogP contribution in [0.5, 0.6) is 11.5 Å². The Kier molecular flexibility index (Phi) is 4.82.